The zero-order valence-corrected chi connectivity index (χ0v) is 8.95. The summed E-state index contributed by atoms with van der Waals surface area (Å²) in [4.78, 5) is 0. The van der Waals surface area contributed by atoms with Gasteiger partial charge in [-0.25, -0.2) is 0 Å². The van der Waals surface area contributed by atoms with Gasteiger partial charge in [0, 0.05) is 11.3 Å². The monoisotopic (exact) mass is 189 g/mol. The van der Waals surface area contributed by atoms with Gasteiger partial charge in [0.05, 0.1) is 12.1 Å². The first kappa shape index (κ1) is 10.4. The van der Waals surface area contributed by atoms with Gasteiger partial charge in [-0.2, -0.15) is 11.8 Å². The lowest BCUT2D eigenvalue weighted by Gasteiger charge is -2.34. The van der Waals surface area contributed by atoms with E-state index in [1.807, 2.05) is 11.8 Å². The smallest absolute Gasteiger partial charge is 0.0624 e. The highest BCUT2D eigenvalue weighted by molar-refractivity contribution is 8.00. The molecule has 0 aromatic carbocycles. The fourth-order valence-electron chi connectivity index (χ4n) is 1.80. The van der Waals surface area contributed by atoms with E-state index >= 15 is 0 Å². The average Bonchev–Trinajstić information content (AvgIpc) is 2.32. The summed E-state index contributed by atoms with van der Waals surface area (Å²) in [6.07, 6.45) is 1.09. The molecule has 0 bridgehead atoms. The van der Waals surface area contributed by atoms with Crippen molar-refractivity contribution in [3.8, 4) is 0 Å². The van der Waals surface area contributed by atoms with Crippen LogP contribution in [0.25, 0.3) is 0 Å². The summed E-state index contributed by atoms with van der Waals surface area (Å²) in [5, 5.41) is 13.4. The Morgan fingerprint density at radius 2 is 2.33 bits per heavy atom. The quantitative estimate of drug-likeness (QED) is 0.700. The lowest BCUT2D eigenvalue weighted by atomic mass is 9.93. The molecule has 1 aliphatic rings. The lowest BCUT2D eigenvalue weighted by molar-refractivity contribution is 0.153. The molecule has 2 atom stereocenters. The number of rotatable bonds is 3. The van der Waals surface area contributed by atoms with Crippen molar-refractivity contribution in [1.82, 2.24) is 5.32 Å². The number of nitrogens with one attached hydrogen (secondary N) is 1. The molecule has 0 aromatic rings. The van der Waals surface area contributed by atoms with Crippen molar-refractivity contribution in [2.75, 3.05) is 12.4 Å². The van der Waals surface area contributed by atoms with Crippen molar-refractivity contribution >= 4 is 11.8 Å². The van der Waals surface area contributed by atoms with Crippen LogP contribution in [0.5, 0.6) is 0 Å². The molecule has 0 spiro atoms. The Hall–Kier alpha value is 0.270. The van der Waals surface area contributed by atoms with Gasteiger partial charge in [0.2, 0.25) is 0 Å². The third-order valence-corrected chi connectivity index (χ3v) is 3.94. The molecular weight excluding hydrogens is 170 g/mol. The van der Waals surface area contributed by atoms with Gasteiger partial charge in [0.15, 0.2) is 0 Å². The zero-order valence-electron chi connectivity index (χ0n) is 8.13. The first-order valence-electron chi connectivity index (χ1n) is 4.61. The molecule has 72 valence electrons. The van der Waals surface area contributed by atoms with Gasteiger partial charge in [0.1, 0.15) is 0 Å². The molecule has 2 unspecified atom stereocenters. The van der Waals surface area contributed by atoms with Crippen LogP contribution in [0, 0.1) is 0 Å². The fraction of sp³-hybridized carbons (Fsp3) is 1.00. The Morgan fingerprint density at radius 3 is 2.67 bits per heavy atom. The fourth-order valence-corrected chi connectivity index (χ4v) is 3.21. The summed E-state index contributed by atoms with van der Waals surface area (Å²) in [7, 11) is 0. The molecule has 0 aliphatic carbocycles. The van der Waals surface area contributed by atoms with Gasteiger partial charge < -0.3 is 10.4 Å². The van der Waals surface area contributed by atoms with Gasteiger partial charge in [-0.05, 0) is 12.2 Å². The SMILES string of the molecule is CC(C)NC1(CO)CCSC1C. The molecule has 0 aromatic heterocycles. The molecule has 1 heterocycles. The van der Waals surface area contributed by atoms with Crippen LogP contribution < -0.4 is 5.32 Å². The minimum atomic E-state index is -0.0150. The van der Waals surface area contributed by atoms with Crippen molar-refractivity contribution < 1.29 is 5.11 Å². The molecule has 2 N–H and O–H groups in total. The van der Waals surface area contributed by atoms with E-state index in [-0.39, 0.29) is 12.1 Å². The van der Waals surface area contributed by atoms with E-state index in [4.69, 9.17) is 0 Å². The molecule has 0 amide bonds. The highest BCUT2D eigenvalue weighted by atomic mass is 32.2. The maximum absolute atomic E-state index is 9.36. The Morgan fingerprint density at radius 1 is 1.67 bits per heavy atom. The van der Waals surface area contributed by atoms with E-state index in [0.717, 1.165) is 6.42 Å². The number of hydrogen-bond acceptors (Lipinski definition) is 3. The Kier molecular flexibility index (Phi) is 3.44. The summed E-state index contributed by atoms with van der Waals surface area (Å²) in [5.74, 6) is 1.17. The van der Waals surface area contributed by atoms with E-state index in [0.29, 0.717) is 11.3 Å². The summed E-state index contributed by atoms with van der Waals surface area (Å²) >= 11 is 1.95. The van der Waals surface area contributed by atoms with Crippen LogP contribution in [0.3, 0.4) is 0 Å². The van der Waals surface area contributed by atoms with E-state index in [9.17, 15) is 5.11 Å². The van der Waals surface area contributed by atoms with Gasteiger partial charge in [-0.15, -0.1) is 0 Å². The Labute approximate surface area is 79.1 Å². The van der Waals surface area contributed by atoms with Gasteiger partial charge in [-0.3, -0.25) is 0 Å². The Balaban J connectivity index is 2.61. The number of thioether (sulfide) groups is 1. The summed E-state index contributed by atoms with van der Waals surface area (Å²) in [6.45, 7) is 6.73. The van der Waals surface area contributed by atoms with Gasteiger partial charge in [0.25, 0.3) is 0 Å². The van der Waals surface area contributed by atoms with Crippen LogP contribution in [-0.2, 0) is 0 Å². The molecule has 0 radical (unpaired) electrons. The number of hydrogen-bond donors (Lipinski definition) is 2. The Bertz CT molecular complexity index is 151. The first-order chi connectivity index (χ1) is 5.60. The van der Waals surface area contributed by atoms with Crippen LogP contribution in [0.4, 0.5) is 0 Å². The van der Waals surface area contributed by atoms with Crippen LogP contribution in [-0.4, -0.2) is 34.3 Å². The topological polar surface area (TPSA) is 32.3 Å². The van der Waals surface area contributed by atoms with Crippen molar-refractivity contribution in [1.29, 1.82) is 0 Å². The minimum absolute atomic E-state index is 0.0150. The zero-order chi connectivity index (χ0) is 9.19. The van der Waals surface area contributed by atoms with Crippen molar-refractivity contribution in [3.05, 3.63) is 0 Å². The van der Waals surface area contributed by atoms with Gasteiger partial charge >= 0.3 is 0 Å². The molecule has 2 nitrogen and oxygen atoms in total. The van der Waals surface area contributed by atoms with E-state index in [1.54, 1.807) is 0 Å². The van der Waals surface area contributed by atoms with Gasteiger partial charge in [-0.1, -0.05) is 20.8 Å². The van der Waals surface area contributed by atoms with Crippen molar-refractivity contribution in [3.63, 3.8) is 0 Å². The third-order valence-electron chi connectivity index (χ3n) is 2.55. The molecule has 1 rings (SSSR count). The van der Waals surface area contributed by atoms with E-state index in [2.05, 4.69) is 26.1 Å². The predicted molar refractivity (Wildman–Crippen MR) is 54.6 cm³/mol. The van der Waals surface area contributed by atoms with Crippen molar-refractivity contribution in [2.24, 2.45) is 0 Å². The lowest BCUT2D eigenvalue weighted by Crippen LogP contribution is -2.55. The summed E-state index contributed by atoms with van der Waals surface area (Å²) in [6, 6.07) is 0.457. The minimum Gasteiger partial charge on any atom is -0.394 e. The molecule has 3 heteroatoms. The molecule has 1 aliphatic heterocycles. The second-order valence-electron chi connectivity index (χ2n) is 3.88. The highest BCUT2D eigenvalue weighted by Gasteiger charge is 2.40. The van der Waals surface area contributed by atoms with Crippen LogP contribution in [0.15, 0.2) is 0 Å². The predicted octanol–water partition coefficient (Wildman–Crippen LogP) is 1.24. The molecule has 12 heavy (non-hydrogen) atoms. The molecule has 1 fully saturated rings. The molecule has 1 saturated heterocycles. The van der Waals surface area contributed by atoms with Crippen LogP contribution in [0.2, 0.25) is 0 Å². The summed E-state index contributed by atoms with van der Waals surface area (Å²) in [5.41, 5.74) is -0.0150. The second-order valence-corrected chi connectivity index (χ2v) is 5.32. The largest absolute Gasteiger partial charge is 0.394 e. The maximum atomic E-state index is 9.36. The normalized spacial score (nSPS) is 36.2. The maximum Gasteiger partial charge on any atom is 0.0624 e. The number of aliphatic hydroxyl groups excluding tert-OH is 1. The highest BCUT2D eigenvalue weighted by Crippen LogP contribution is 2.35. The second kappa shape index (κ2) is 3.99. The molecule has 0 saturated carbocycles. The van der Waals surface area contributed by atoms with Crippen molar-refractivity contribution in [2.45, 2.75) is 44.0 Å². The first-order valence-corrected chi connectivity index (χ1v) is 5.66. The summed E-state index contributed by atoms with van der Waals surface area (Å²) < 4.78 is 0. The molecular formula is C9H19NOS. The average molecular weight is 189 g/mol. The van der Waals surface area contributed by atoms with E-state index in [1.165, 1.54) is 5.75 Å². The van der Waals surface area contributed by atoms with Crippen LogP contribution in [0.1, 0.15) is 27.2 Å². The number of aliphatic hydroxyl groups is 1. The van der Waals surface area contributed by atoms with E-state index < -0.39 is 0 Å². The standard InChI is InChI=1S/C9H19NOS/c1-7(2)10-9(6-11)4-5-12-8(9)3/h7-8,10-11H,4-6H2,1-3H3. The van der Waals surface area contributed by atoms with Crippen LogP contribution >= 0.6 is 11.8 Å². The third kappa shape index (κ3) is 1.95.